The van der Waals surface area contributed by atoms with E-state index in [4.69, 9.17) is 11.6 Å². The average molecular weight is 226 g/mol. The van der Waals surface area contributed by atoms with Crippen molar-refractivity contribution < 1.29 is 0 Å². The highest BCUT2D eigenvalue weighted by Gasteiger charge is 2.15. The smallest absolute Gasteiger partial charge is 0.224 e. The average Bonchev–Trinajstić information content (AvgIpc) is 2.69. The minimum Gasteiger partial charge on any atom is -0.351 e. The van der Waals surface area contributed by atoms with Crippen LogP contribution in [0, 0.1) is 0 Å². The predicted molar refractivity (Wildman–Crippen MR) is 62.3 cm³/mol. The van der Waals surface area contributed by atoms with Gasteiger partial charge in [0.05, 0.1) is 0 Å². The molecule has 1 N–H and O–H groups in total. The first-order valence-electron chi connectivity index (χ1n) is 5.58. The molecule has 3 nitrogen and oxygen atoms in total. The number of aryl methyl sites for hydroxylation is 1. The maximum atomic E-state index is 5.92. The number of rotatable bonds is 3. The van der Waals surface area contributed by atoms with Gasteiger partial charge in [0.15, 0.2) is 0 Å². The Bertz CT molecular complexity index is 335. The standard InChI is InChI=1S/C11H16ClN3/c1-2-8-7-10(12)15-11(13-8)14-9-5-3-4-6-9/h7,9H,2-6H2,1H3,(H,13,14,15). The van der Waals surface area contributed by atoms with Gasteiger partial charge in [-0.1, -0.05) is 31.4 Å². The SMILES string of the molecule is CCc1cc(Cl)nc(NC2CCCC2)n1. The highest BCUT2D eigenvalue weighted by atomic mass is 35.5. The monoisotopic (exact) mass is 225 g/mol. The second-order valence-electron chi connectivity index (χ2n) is 3.98. The van der Waals surface area contributed by atoms with Gasteiger partial charge in [-0.05, 0) is 25.3 Å². The summed E-state index contributed by atoms with van der Waals surface area (Å²) < 4.78 is 0. The summed E-state index contributed by atoms with van der Waals surface area (Å²) in [5, 5.41) is 3.88. The molecule has 1 aliphatic carbocycles. The minimum absolute atomic E-state index is 0.530. The van der Waals surface area contributed by atoms with Crippen molar-refractivity contribution in [2.24, 2.45) is 0 Å². The van der Waals surface area contributed by atoms with Gasteiger partial charge >= 0.3 is 0 Å². The fraction of sp³-hybridized carbons (Fsp3) is 0.636. The lowest BCUT2D eigenvalue weighted by atomic mass is 10.2. The summed E-state index contributed by atoms with van der Waals surface area (Å²) in [5.41, 5.74) is 0.996. The molecule has 1 fully saturated rings. The minimum atomic E-state index is 0.530. The van der Waals surface area contributed by atoms with E-state index in [1.165, 1.54) is 25.7 Å². The van der Waals surface area contributed by atoms with Crippen LogP contribution in [-0.4, -0.2) is 16.0 Å². The first kappa shape index (κ1) is 10.7. The second-order valence-corrected chi connectivity index (χ2v) is 4.37. The van der Waals surface area contributed by atoms with Gasteiger partial charge in [0.2, 0.25) is 5.95 Å². The van der Waals surface area contributed by atoms with Gasteiger partial charge in [-0.25, -0.2) is 9.97 Å². The molecule has 1 heterocycles. The third-order valence-electron chi connectivity index (χ3n) is 2.80. The van der Waals surface area contributed by atoms with E-state index in [2.05, 4.69) is 22.2 Å². The zero-order chi connectivity index (χ0) is 10.7. The van der Waals surface area contributed by atoms with Crippen LogP contribution in [0.2, 0.25) is 5.15 Å². The molecule has 1 aromatic heterocycles. The molecule has 0 aliphatic heterocycles. The van der Waals surface area contributed by atoms with Crippen molar-refractivity contribution in [3.8, 4) is 0 Å². The second kappa shape index (κ2) is 4.79. The zero-order valence-electron chi connectivity index (χ0n) is 8.96. The highest BCUT2D eigenvalue weighted by molar-refractivity contribution is 6.29. The number of nitrogens with one attached hydrogen (secondary N) is 1. The lowest BCUT2D eigenvalue weighted by Crippen LogP contribution is -2.17. The predicted octanol–water partition coefficient (Wildman–Crippen LogP) is 3.05. The van der Waals surface area contributed by atoms with Gasteiger partial charge in [-0.2, -0.15) is 0 Å². The molecule has 0 unspecified atom stereocenters. The van der Waals surface area contributed by atoms with Crippen molar-refractivity contribution in [3.63, 3.8) is 0 Å². The molecule has 2 rings (SSSR count). The summed E-state index contributed by atoms with van der Waals surface area (Å²) in [5.74, 6) is 0.686. The van der Waals surface area contributed by atoms with Crippen molar-refractivity contribution in [1.29, 1.82) is 0 Å². The van der Waals surface area contributed by atoms with E-state index < -0.39 is 0 Å². The van der Waals surface area contributed by atoms with Crippen LogP contribution in [-0.2, 0) is 6.42 Å². The van der Waals surface area contributed by atoms with Crippen LogP contribution in [0.25, 0.3) is 0 Å². The quantitative estimate of drug-likeness (QED) is 0.804. The first-order chi connectivity index (χ1) is 7.28. The molecule has 0 bridgehead atoms. The number of nitrogens with zero attached hydrogens (tertiary/aromatic N) is 2. The van der Waals surface area contributed by atoms with Crippen molar-refractivity contribution in [2.75, 3.05) is 5.32 Å². The zero-order valence-corrected chi connectivity index (χ0v) is 9.72. The number of hydrogen-bond acceptors (Lipinski definition) is 3. The van der Waals surface area contributed by atoms with E-state index >= 15 is 0 Å². The summed E-state index contributed by atoms with van der Waals surface area (Å²) in [6.45, 7) is 2.07. The van der Waals surface area contributed by atoms with Crippen molar-refractivity contribution in [2.45, 2.75) is 45.1 Å². The molecule has 0 atom stereocenters. The first-order valence-corrected chi connectivity index (χ1v) is 5.95. The molecule has 0 amide bonds. The van der Waals surface area contributed by atoms with Gasteiger partial charge in [0, 0.05) is 11.7 Å². The summed E-state index contributed by atoms with van der Waals surface area (Å²) in [6.07, 6.45) is 5.94. The fourth-order valence-electron chi connectivity index (χ4n) is 1.96. The summed E-state index contributed by atoms with van der Waals surface area (Å²) in [7, 11) is 0. The topological polar surface area (TPSA) is 37.8 Å². The van der Waals surface area contributed by atoms with Gasteiger partial charge in [0.25, 0.3) is 0 Å². The number of anilines is 1. The molecule has 1 aromatic rings. The number of hydrogen-bond donors (Lipinski definition) is 1. The molecular weight excluding hydrogens is 210 g/mol. The normalized spacial score (nSPS) is 16.9. The number of aromatic nitrogens is 2. The van der Waals surface area contributed by atoms with Crippen LogP contribution in [0.1, 0.15) is 38.3 Å². The van der Waals surface area contributed by atoms with Crippen molar-refractivity contribution in [3.05, 3.63) is 16.9 Å². The van der Waals surface area contributed by atoms with E-state index in [9.17, 15) is 0 Å². The van der Waals surface area contributed by atoms with Crippen LogP contribution < -0.4 is 5.32 Å². The maximum absolute atomic E-state index is 5.92. The molecular formula is C11H16ClN3. The summed E-state index contributed by atoms with van der Waals surface area (Å²) >= 11 is 5.92. The third-order valence-corrected chi connectivity index (χ3v) is 2.99. The molecule has 0 radical (unpaired) electrons. The largest absolute Gasteiger partial charge is 0.351 e. The van der Waals surface area contributed by atoms with Gasteiger partial charge in [-0.15, -0.1) is 0 Å². The van der Waals surface area contributed by atoms with E-state index in [1.807, 2.05) is 6.07 Å². The van der Waals surface area contributed by atoms with Gasteiger partial charge < -0.3 is 5.32 Å². The van der Waals surface area contributed by atoms with Gasteiger partial charge in [0.1, 0.15) is 5.15 Å². The molecule has 1 aliphatic rings. The van der Waals surface area contributed by atoms with Crippen LogP contribution >= 0.6 is 11.6 Å². The Morgan fingerprint density at radius 2 is 2.13 bits per heavy atom. The number of halogens is 1. The van der Waals surface area contributed by atoms with Crippen LogP contribution in [0.4, 0.5) is 5.95 Å². The molecule has 4 heteroatoms. The Morgan fingerprint density at radius 1 is 1.40 bits per heavy atom. The fourth-order valence-corrected chi connectivity index (χ4v) is 2.17. The Labute approximate surface area is 95.3 Å². The van der Waals surface area contributed by atoms with Crippen molar-refractivity contribution in [1.82, 2.24) is 9.97 Å². The van der Waals surface area contributed by atoms with Crippen molar-refractivity contribution >= 4 is 17.5 Å². The van der Waals surface area contributed by atoms with E-state index in [0.717, 1.165) is 12.1 Å². The Morgan fingerprint density at radius 3 is 2.80 bits per heavy atom. The summed E-state index contributed by atoms with van der Waals surface area (Å²) in [6, 6.07) is 2.36. The van der Waals surface area contributed by atoms with E-state index in [0.29, 0.717) is 17.1 Å². The molecule has 1 saturated carbocycles. The molecule has 0 aromatic carbocycles. The lowest BCUT2D eigenvalue weighted by molar-refractivity contribution is 0.742. The lowest BCUT2D eigenvalue weighted by Gasteiger charge is -2.12. The molecule has 0 spiro atoms. The molecule has 15 heavy (non-hydrogen) atoms. The van der Waals surface area contributed by atoms with Crippen LogP contribution in [0.15, 0.2) is 6.07 Å². The van der Waals surface area contributed by atoms with Crippen LogP contribution in [0.3, 0.4) is 0 Å². The van der Waals surface area contributed by atoms with E-state index in [-0.39, 0.29) is 0 Å². The summed E-state index contributed by atoms with van der Waals surface area (Å²) in [4.78, 5) is 8.60. The third kappa shape index (κ3) is 2.81. The maximum Gasteiger partial charge on any atom is 0.224 e. The molecule has 82 valence electrons. The Balaban J connectivity index is 2.09. The molecule has 0 saturated heterocycles. The van der Waals surface area contributed by atoms with Crippen LogP contribution in [0.5, 0.6) is 0 Å². The highest BCUT2D eigenvalue weighted by Crippen LogP contribution is 2.21. The van der Waals surface area contributed by atoms with E-state index in [1.54, 1.807) is 0 Å². The van der Waals surface area contributed by atoms with Gasteiger partial charge in [-0.3, -0.25) is 0 Å². The Hall–Kier alpha value is -0.830. The Kier molecular flexibility index (Phi) is 3.41.